The van der Waals surface area contributed by atoms with E-state index in [-0.39, 0.29) is 23.6 Å². The van der Waals surface area contributed by atoms with E-state index in [1.165, 1.54) is 18.3 Å². The number of nitrogens with zero attached hydrogens (tertiary/aromatic N) is 3. The quantitative estimate of drug-likeness (QED) is 0.722. The van der Waals surface area contributed by atoms with Gasteiger partial charge in [0.15, 0.2) is 5.82 Å². The fourth-order valence-corrected chi connectivity index (χ4v) is 3.98. The lowest BCUT2D eigenvalue weighted by atomic mass is 10.2. The predicted octanol–water partition coefficient (Wildman–Crippen LogP) is 1.94. The van der Waals surface area contributed by atoms with Gasteiger partial charge in [-0.05, 0) is 38.7 Å². The molecule has 146 valence electrons. The summed E-state index contributed by atoms with van der Waals surface area (Å²) in [4.78, 5) is 8.48. The summed E-state index contributed by atoms with van der Waals surface area (Å²) in [5.74, 6) is 2.05. The lowest BCUT2D eigenvalue weighted by molar-refractivity contribution is 0.0290. The number of pyridine rings is 1. The van der Waals surface area contributed by atoms with Gasteiger partial charge in [0.1, 0.15) is 11.0 Å². The van der Waals surface area contributed by atoms with Crippen LogP contribution in [0.2, 0.25) is 0 Å². The molecule has 1 aliphatic heterocycles. The summed E-state index contributed by atoms with van der Waals surface area (Å²) in [6.07, 6.45) is 4.43. The van der Waals surface area contributed by atoms with Gasteiger partial charge in [0, 0.05) is 18.5 Å². The van der Waals surface area contributed by atoms with Crippen molar-refractivity contribution in [2.24, 2.45) is 0 Å². The molecular formula is C17H22N4O5S. The van der Waals surface area contributed by atoms with Crippen molar-refractivity contribution in [1.82, 2.24) is 19.8 Å². The first-order valence-corrected chi connectivity index (χ1v) is 10.6. The normalized spacial score (nSPS) is 22.9. The van der Waals surface area contributed by atoms with Crippen LogP contribution in [-0.4, -0.2) is 42.8 Å². The van der Waals surface area contributed by atoms with E-state index in [1.807, 2.05) is 6.92 Å². The number of hydrogen-bond donors (Lipinski definition) is 1. The highest BCUT2D eigenvalue weighted by molar-refractivity contribution is 7.89. The summed E-state index contributed by atoms with van der Waals surface area (Å²) in [6.45, 7) is 2.49. The van der Waals surface area contributed by atoms with Crippen molar-refractivity contribution in [3.63, 3.8) is 0 Å². The average Bonchev–Trinajstić information content (AvgIpc) is 3.20. The Bertz CT molecular complexity index is 879. The summed E-state index contributed by atoms with van der Waals surface area (Å²) in [6, 6.07) is 3.00. The minimum absolute atomic E-state index is 0.0893. The second kappa shape index (κ2) is 7.53. The van der Waals surface area contributed by atoms with Crippen LogP contribution in [-0.2, 0) is 14.8 Å². The Hall–Kier alpha value is -2.04. The van der Waals surface area contributed by atoms with E-state index in [4.69, 9.17) is 14.0 Å². The second-order valence-corrected chi connectivity index (χ2v) is 8.47. The molecular weight excluding hydrogens is 372 g/mol. The molecule has 1 saturated carbocycles. The highest BCUT2D eigenvalue weighted by Gasteiger charge is 2.34. The standard InChI is InChI=1S/C17H22N4O5S/c1-2-24-15-8-6-13(10-18-15)27(22,23)19-9-12-5-7-14(25-12)17-20-16(21-26-17)11-3-4-11/h6,8,10-12,14,19H,2-5,7,9H2,1H3/t12-,14+/m1/s1. The van der Waals surface area contributed by atoms with Crippen molar-refractivity contribution >= 4 is 10.0 Å². The van der Waals surface area contributed by atoms with E-state index in [2.05, 4.69) is 19.8 Å². The van der Waals surface area contributed by atoms with E-state index in [0.29, 0.717) is 24.3 Å². The third kappa shape index (κ3) is 4.28. The first-order valence-electron chi connectivity index (χ1n) is 9.12. The number of nitrogens with one attached hydrogen (secondary N) is 1. The Morgan fingerprint density at radius 2 is 2.11 bits per heavy atom. The van der Waals surface area contributed by atoms with Crippen LogP contribution >= 0.6 is 0 Å². The number of sulfonamides is 1. The molecule has 9 nitrogen and oxygen atoms in total. The Morgan fingerprint density at radius 1 is 1.26 bits per heavy atom. The molecule has 0 spiro atoms. The molecule has 0 unspecified atom stereocenters. The van der Waals surface area contributed by atoms with Gasteiger partial charge < -0.3 is 14.0 Å². The average molecular weight is 394 g/mol. The number of ether oxygens (including phenoxy) is 2. The van der Waals surface area contributed by atoms with Crippen LogP contribution < -0.4 is 9.46 Å². The van der Waals surface area contributed by atoms with Gasteiger partial charge in [-0.25, -0.2) is 18.1 Å². The van der Waals surface area contributed by atoms with Gasteiger partial charge in [-0.1, -0.05) is 5.16 Å². The van der Waals surface area contributed by atoms with Gasteiger partial charge in [0.25, 0.3) is 5.89 Å². The minimum Gasteiger partial charge on any atom is -0.478 e. The Kier molecular flexibility index (Phi) is 5.11. The van der Waals surface area contributed by atoms with Crippen molar-refractivity contribution < 1.29 is 22.4 Å². The van der Waals surface area contributed by atoms with Crippen LogP contribution in [0.1, 0.15) is 56.3 Å². The van der Waals surface area contributed by atoms with Gasteiger partial charge in [-0.2, -0.15) is 4.98 Å². The number of hydrogen-bond acceptors (Lipinski definition) is 8. The van der Waals surface area contributed by atoms with E-state index < -0.39 is 10.0 Å². The molecule has 10 heteroatoms. The Balaban J connectivity index is 1.31. The first kappa shape index (κ1) is 18.3. The molecule has 0 bridgehead atoms. The zero-order valence-corrected chi connectivity index (χ0v) is 15.8. The van der Waals surface area contributed by atoms with Gasteiger partial charge in [-0.15, -0.1) is 0 Å². The van der Waals surface area contributed by atoms with E-state index in [9.17, 15) is 8.42 Å². The largest absolute Gasteiger partial charge is 0.478 e. The summed E-state index contributed by atoms with van der Waals surface area (Å²) < 4.78 is 43.8. The molecule has 27 heavy (non-hydrogen) atoms. The summed E-state index contributed by atoms with van der Waals surface area (Å²) in [7, 11) is -3.66. The smallest absolute Gasteiger partial charge is 0.255 e. The molecule has 0 radical (unpaired) electrons. The molecule has 1 aliphatic carbocycles. The van der Waals surface area contributed by atoms with Crippen LogP contribution in [0.3, 0.4) is 0 Å². The van der Waals surface area contributed by atoms with Crippen molar-refractivity contribution in [3.8, 4) is 5.88 Å². The van der Waals surface area contributed by atoms with E-state index in [1.54, 1.807) is 0 Å². The van der Waals surface area contributed by atoms with Crippen LogP contribution in [0, 0.1) is 0 Å². The molecule has 2 aromatic heterocycles. The fourth-order valence-electron chi connectivity index (χ4n) is 2.97. The van der Waals surface area contributed by atoms with E-state index >= 15 is 0 Å². The molecule has 2 aliphatic rings. The van der Waals surface area contributed by atoms with E-state index in [0.717, 1.165) is 31.5 Å². The highest BCUT2D eigenvalue weighted by atomic mass is 32.2. The summed E-state index contributed by atoms with van der Waals surface area (Å²) in [5.41, 5.74) is 0. The SMILES string of the molecule is CCOc1ccc(S(=O)(=O)NC[C@H]2CC[C@@H](c3nc(C4CC4)no3)O2)cn1. The summed E-state index contributed by atoms with van der Waals surface area (Å²) in [5, 5.41) is 4.00. The lowest BCUT2D eigenvalue weighted by Gasteiger charge is -2.13. The third-order valence-corrected chi connectivity index (χ3v) is 6.00. The molecule has 0 amide bonds. The predicted molar refractivity (Wildman–Crippen MR) is 93.7 cm³/mol. The molecule has 3 heterocycles. The Morgan fingerprint density at radius 3 is 2.81 bits per heavy atom. The van der Waals surface area contributed by atoms with Crippen LogP contribution in [0.5, 0.6) is 5.88 Å². The molecule has 4 rings (SSSR count). The molecule has 1 N–H and O–H groups in total. The van der Waals surface area contributed by atoms with Crippen molar-refractivity contribution in [2.45, 2.75) is 55.6 Å². The topological polar surface area (TPSA) is 116 Å². The third-order valence-electron chi connectivity index (χ3n) is 4.60. The van der Waals surface area contributed by atoms with Gasteiger partial charge in [-0.3, -0.25) is 0 Å². The molecule has 1 saturated heterocycles. The fraction of sp³-hybridized carbons (Fsp3) is 0.588. The second-order valence-electron chi connectivity index (χ2n) is 6.71. The molecule has 2 aromatic rings. The molecule has 0 aromatic carbocycles. The zero-order valence-electron chi connectivity index (χ0n) is 15.0. The van der Waals surface area contributed by atoms with Crippen molar-refractivity contribution in [2.75, 3.05) is 13.2 Å². The van der Waals surface area contributed by atoms with Crippen LogP contribution in [0.25, 0.3) is 0 Å². The van der Waals surface area contributed by atoms with Crippen LogP contribution in [0.15, 0.2) is 27.7 Å². The van der Waals surface area contributed by atoms with Gasteiger partial charge in [0.05, 0.1) is 18.9 Å². The maximum absolute atomic E-state index is 12.4. The molecule has 2 atom stereocenters. The van der Waals surface area contributed by atoms with Crippen molar-refractivity contribution in [1.29, 1.82) is 0 Å². The number of rotatable bonds is 8. The summed E-state index contributed by atoms with van der Waals surface area (Å²) >= 11 is 0. The van der Waals surface area contributed by atoms with Crippen molar-refractivity contribution in [3.05, 3.63) is 30.0 Å². The van der Waals surface area contributed by atoms with Gasteiger partial charge >= 0.3 is 0 Å². The highest BCUT2D eigenvalue weighted by Crippen LogP contribution is 2.39. The Labute approximate surface area is 157 Å². The lowest BCUT2D eigenvalue weighted by Crippen LogP contribution is -2.32. The maximum atomic E-state index is 12.4. The monoisotopic (exact) mass is 394 g/mol. The van der Waals surface area contributed by atoms with Crippen LogP contribution in [0.4, 0.5) is 0 Å². The maximum Gasteiger partial charge on any atom is 0.255 e. The number of aromatic nitrogens is 3. The molecule has 2 fully saturated rings. The first-order chi connectivity index (χ1) is 13.0. The minimum atomic E-state index is -3.66. The zero-order chi connectivity index (χ0) is 18.9. The van der Waals surface area contributed by atoms with Gasteiger partial charge in [0.2, 0.25) is 15.9 Å².